The largest absolute Gasteiger partial charge is 0.488 e. The molecule has 0 fully saturated rings. The zero-order valence-corrected chi connectivity index (χ0v) is 18.6. The van der Waals surface area contributed by atoms with E-state index in [1.807, 2.05) is 98.8 Å². The van der Waals surface area contributed by atoms with E-state index in [1.54, 1.807) is 6.08 Å². The van der Waals surface area contributed by atoms with Gasteiger partial charge in [-0.3, -0.25) is 4.79 Å². The molecule has 0 saturated heterocycles. The zero-order chi connectivity index (χ0) is 23.2. The fourth-order valence-corrected chi connectivity index (χ4v) is 3.65. The monoisotopic (exact) mass is 432 g/mol. The molecule has 0 aromatic heterocycles. The molecule has 0 radical (unpaired) electrons. The molecule has 0 aliphatic rings. The van der Waals surface area contributed by atoms with E-state index < -0.39 is 5.91 Å². The third-order valence-electron chi connectivity index (χ3n) is 5.67. The number of carbonyl (C=O) groups excluding carboxylic acids is 1. The van der Waals surface area contributed by atoms with Crippen LogP contribution in [0.25, 0.3) is 16.8 Å². The summed E-state index contributed by atoms with van der Waals surface area (Å²) < 4.78 is 6.12. The summed E-state index contributed by atoms with van der Waals surface area (Å²) in [5.74, 6) is 0.165. The number of rotatable bonds is 6. The molecule has 4 rings (SSSR count). The molecule has 4 nitrogen and oxygen atoms in total. The van der Waals surface area contributed by atoms with Gasteiger partial charge in [0.05, 0.1) is 0 Å². The first kappa shape index (κ1) is 21.9. The molecule has 4 heteroatoms. The van der Waals surface area contributed by atoms with Crippen molar-refractivity contribution in [2.75, 3.05) is 5.32 Å². The summed E-state index contributed by atoms with van der Waals surface area (Å²) in [6.07, 6.45) is 1.61. The second-order valence-corrected chi connectivity index (χ2v) is 7.84. The summed E-state index contributed by atoms with van der Waals surface area (Å²) in [6.45, 7) is 4.32. The first-order chi connectivity index (χ1) is 16.1. The lowest BCUT2D eigenvalue weighted by atomic mass is 10.0. The predicted molar refractivity (Wildman–Crippen MR) is 133 cm³/mol. The van der Waals surface area contributed by atoms with Crippen molar-refractivity contribution in [2.45, 2.75) is 20.5 Å². The molecule has 1 amide bonds. The number of hydrogen-bond donors (Lipinski definition) is 1. The smallest absolute Gasteiger partial charge is 0.266 e. The Kier molecular flexibility index (Phi) is 6.52. The molecular weight excluding hydrogens is 408 g/mol. The van der Waals surface area contributed by atoms with Crippen molar-refractivity contribution in [2.24, 2.45) is 0 Å². The number of fused-ring (bicyclic) bond motifs is 1. The first-order valence-electron chi connectivity index (χ1n) is 10.7. The lowest BCUT2D eigenvalue weighted by Gasteiger charge is -2.13. The van der Waals surface area contributed by atoms with Crippen LogP contribution in [0.5, 0.6) is 5.75 Å². The van der Waals surface area contributed by atoms with Crippen LogP contribution in [0.1, 0.15) is 22.3 Å². The number of nitrogens with one attached hydrogen (secondary N) is 1. The lowest BCUT2D eigenvalue weighted by Crippen LogP contribution is -2.14. The van der Waals surface area contributed by atoms with E-state index in [4.69, 9.17) is 4.74 Å². The van der Waals surface area contributed by atoms with Gasteiger partial charge in [0.15, 0.2) is 0 Å². The highest BCUT2D eigenvalue weighted by atomic mass is 16.5. The van der Waals surface area contributed by atoms with Crippen LogP contribution in [-0.4, -0.2) is 5.91 Å². The van der Waals surface area contributed by atoms with Crippen molar-refractivity contribution in [3.05, 3.63) is 113 Å². The minimum Gasteiger partial charge on any atom is -0.488 e. The molecule has 162 valence electrons. The van der Waals surface area contributed by atoms with Crippen molar-refractivity contribution < 1.29 is 9.53 Å². The molecule has 0 aliphatic carbocycles. The predicted octanol–water partition coefficient (Wildman–Crippen LogP) is 6.58. The molecule has 0 atom stereocenters. The SMILES string of the molecule is Cc1cccc(NC(=O)/C(C#N)=C/c2c(OCc3ccccc3)ccc3ccccc23)c1C. The summed E-state index contributed by atoms with van der Waals surface area (Å²) in [5.41, 5.74) is 4.49. The van der Waals surface area contributed by atoms with Crippen LogP contribution in [0.15, 0.2) is 90.5 Å². The van der Waals surface area contributed by atoms with Gasteiger partial charge in [0.1, 0.15) is 24.0 Å². The maximum atomic E-state index is 13.0. The van der Waals surface area contributed by atoms with Crippen LogP contribution in [0.4, 0.5) is 5.69 Å². The standard InChI is InChI=1S/C29H24N2O2/c1-20-9-8-14-27(21(20)2)31-29(32)24(18-30)17-26-25-13-7-6-12-23(25)15-16-28(26)33-19-22-10-4-3-5-11-22/h3-17H,19H2,1-2H3,(H,31,32)/b24-17+. The average Bonchev–Trinajstić information content (AvgIpc) is 2.85. The van der Waals surface area contributed by atoms with Crippen LogP contribution >= 0.6 is 0 Å². The summed E-state index contributed by atoms with van der Waals surface area (Å²) >= 11 is 0. The number of anilines is 1. The Morgan fingerprint density at radius 2 is 1.70 bits per heavy atom. The van der Waals surface area contributed by atoms with Crippen LogP contribution in [0, 0.1) is 25.2 Å². The van der Waals surface area contributed by atoms with Gasteiger partial charge in [0, 0.05) is 11.3 Å². The molecule has 0 heterocycles. The highest BCUT2D eigenvalue weighted by Gasteiger charge is 2.15. The number of ether oxygens (including phenoxy) is 1. The lowest BCUT2D eigenvalue weighted by molar-refractivity contribution is -0.112. The minimum atomic E-state index is -0.451. The van der Waals surface area contributed by atoms with Crippen molar-refractivity contribution in [3.8, 4) is 11.8 Å². The third-order valence-corrected chi connectivity index (χ3v) is 5.67. The van der Waals surface area contributed by atoms with Gasteiger partial charge in [-0.15, -0.1) is 0 Å². The topological polar surface area (TPSA) is 62.1 Å². The van der Waals surface area contributed by atoms with Gasteiger partial charge < -0.3 is 10.1 Å². The Hall–Kier alpha value is -4.36. The molecular formula is C29H24N2O2. The summed E-state index contributed by atoms with van der Waals surface area (Å²) in [7, 11) is 0. The van der Waals surface area contributed by atoms with E-state index in [0.29, 0.717) is 23.6 Å². The van der Waals surface area contributed by atoms with Gasteiger partial charge in [-0.1, -0.05) is 72.8 Å². The Balaban J connectivity index is 1.71. The highest BCUT2D eigenvalue weighted by Crippen LogP contribution is 2.31. The number of hydrogen-bond acceptors (Lipinski definition) is 3. The highest BCUT2D eigenvalue weighted by molar-refractivity contribution is 6.11. The number of benzene rings is 4. The number of aryl methyl sites for hydroxylation is 1. The molecule has 0 saturated carbocycles. The van der Waals surface area contributed by atoms with E-state index in [2.05, 4.69) is 11.4 Å². The molecule has 0 aliphatic heterocycles. The van der Waals surface area contributed by atoms with Gasteiger partial charge in [0.2, 0.25) is 0 Å². The number of nitrogens with zero attached hydrogens (tertiary/aromatic N) is 1. The van der Waals surface area contributed by atoms with E-state index in [1.165, 1.54) is 0 Å². The number of carbonyl (C=O) groups is 1. The Morgan fingerprint density at radius 3 is 2.48 bits per heavy atom. The van der Waals surface area contributed by atoms with Gasteiger partial charge in [-0.25, -0.2) is 0 Å². The van der Waals surface area contributed by atoms with Gasteiger partial charge in [-0.05, 0) is 59.5 Å². The number of amides is 1. The fraction of sp³-hybridized carbons (Fsp3) is 0.103. The molecule has 0 spiro atoms. The summed E-state index contributed by atoms with van der Waals surface area (Å²) in [4.78, 5) is 13.0. The minimum absolute atomic E-state index is 0.0109. The van der Waals surface area contributed by atoms with E-state index in [9.17, 15) is 10.1 Å². The second-order valence-electron chi connectivity index (χ2n) is 7.84. The number of nitriles is 1. The first-order valence-corrected chi connectivity index (χ1v) is 10.7. The third kappa shape index (κ3) is 4.94. The molecule has 0 bridgehead atoms. The average molecular weight is 433 g/mol. The summed E-state index contributed by atoms with van der Waals surface area (Å²) in [6, 6.07) is 29.4. The molecule has 33 heavy (non-hydrogen) atoms. The quantitative estimate of drug-likeness (QED) is 0.276. The van der Waals surface area contributed by atoms with Crippen molar-refractivity contribution in [3.63, 3.8) is 0 Å². The fourth-order valence-electron chi connectivity index (χ4n) is 3.65. The van der Waals surface area contributed by atoms with Gasteiger partial charge >= 0.3 is 0 Å². The van der Waals surface area contributed by atoms with Gasteiger partial charge in [0.25, 0.3) is 5.91 Å². The van der Waals surface area contributed by atoms with Crippen LogP contribution in [0.3, 0.4) is 0 Å². The van der Waals surface area contributed by atoms with E-state index in [-0.39, 0.29) is 5.57 Å². The molecule has 4 aromatic carbocycles. The van der Waals surface area contributed by atoms with Crippen molar-refractivity contribution in [1.82, 2.24) is 0 Å². The van der Waals surface area contributed by atoms with Gasteiger partial charge in [-0.2, -0.15) is 5.26 Å². The van der Waals surface area contributed by atoms with E-state index in [0.717, 1.165) is 27.5 Å². The summed E-state index contributed by atoms with van der Waals surface area (Å²) in [5, 5.41) is 14.6. The Bertz CT molecular complexity index is 1380. The van der Waals surface area contributed by atoms with Crippen LogP contribution < -0.4 is 10.1 Å². The van der Waals surface area contributed by atoms with Crippen LogP contribution in [-0.2, 0) is 11.4 Å². The Morgan fingerprint density at radius 1 is 0.939 bits per heavy atom. The van der Waals surface area contributed by atoms with Crippen molar-refractivity contribution >= 4 is 28.4 Å². The maximum Gasteiger partial charge on any atom is 0.266 e. The zero-order valence-electron chi connectivity index (χ0n) is 18.6. The normalized spacial score (nSPS) is 11.1. The second kappa shape index (κ2) is 9.84. The molecule has 4 aromatic rings. The maximum absolute atomic E-state index is 13.0. The van der Waals surface area contributed by atoms with E-state index >= 15 is 0 Å². The molecule has 0 unspecified atom stereocenters. The molecule has 1 N–H and O–H groups in total. The van der Waals surface area contributed by atoms with Crippen molar-refractivity contribution in [1.29, 1.82) is 5.26 Å². The van der Waals surface area contributed by atoms with Crippen LogP contribution in [0.2, 0.25) is 0 Å². The Labute approximate surface area is 193 Å².